The molecule has 0 aromatic heterocycles. The first-order valence-electron chi connectivity index (χ1n) is 21.4. The number of esters is 5. The van der Waals surface area contributed by atoms with Gasteiger partial charge in [-0.05, 0) is 90.5 Å². The molecule has 0 atom stereocenters. The number of nitrogens with zero attached hydrogens (tertiary/aromatic N) is 2. The first-order chi connectivity index (χ1) is 37.1. The van der Waals surface area contributed by atoms with E-state index in [1.807, 2.05) is 5.43 Å². The Morgan fingerprint density at radius 1 is 0.438 bits per heavy atom. The van der Waals surface area contributed by atoms with Crippen molar-refractivity contribution in [2.24, 2.45) is 5.84 Å². The molecule has 6 rings (SSSR count). The van der Waals surface area contributed by atoms with Crippen LogP contribution in [0.5, 0.6) is 0 Å². The van der Waals surface area contributed by atoms with Gasteiger partial charge < -0.3 is 34.3 Å². The standard InChI is InChI=1S/C16H13N3O6.C10H10O4.C9H7ClO3.C9H8O4.C7H7N3O3.Na.H2O/c1-25-16(22)11-6-4-5-10(9-11)14(20)17-18-15(21)12-7-2-3-8-13(12)19(23)24;1-13-9(11)7-4-3-5-8(6-7)10(12)14-2;2*1-13-9(12)7-4-2-3-6(5-7)8(10)11;8-9-7(11)5-3-1-2-4-6(5)10(12)13;;/h2-9H,1H3,(H,17,20)(H,18,21);3-6H,1-2H3;2-5H,1H3;2-5H,1H3,(H,10,11);1-4H,8H2,(H,9,11);;1H2/q;;;;;+1;/p-1. The molecule has 0 aliphatic heterocycles. The van der Waals surface area contributed by atoms with Crippen molar-refractivity contribution in [3.05, 3.63) is 221 Å². The number of nitro benzene ring substituents is 2. The summed E-state index contributed by atoms with van der Waals surface area (Å²) in [6.07, 6.45) is 0. The quantitative estimate of drug-likeness (QED) is 0.0172. The molecule has 0 radical (unpaired) electrons. The number of carboxylic acid groups (broad SMARTS) is 1. The molecular weight excluding hydrogens is 1090 g/mol. The number of carbonyl (C=O) groups excluding carboxylic acids is 9. The third-order valence-corrected chi connectivity index (χ3v) is 9.62. The molecule has 80 heavy (non-hydrogen) atoms. The van der Waals surface area contributed by atoms with E-state index in [1.165, 1.54) is 151 Å². The molecule has 29 heteroatoms. The molecular formula is C51H46ClN6NaO21. The number of methoxy groups -OCH3 is 5. The zero-order chi connectivity index (χ0) is 58.5. The molecule has 0 bridgehead atoms. The number of nitrogen functional groups attached to an aromatic ring is 1. The van der Waals surface area contributed by atoms with Gasteiger partial charge in [0.2, 0.25) is 0 Å². The van der Waals surface area contributed by atoms with Crippen molar-refractivity contribution in [1.29, 1.82) is 0 Å². The Morgan fingerprint density at radius 2 is 0.713 bits per heavy atom. The molecule has 6 aromatic rings. The van der Waals surface area contributed by atoms with E-state index in [1.54, 1.807) is 30.3 Å². The summed E-state index contributed by atoms with van der Waals surface area (Å²) in [5, 5.41) is 29.4. The van der Waals surface area contributed by atoms with E-state index in [0.717, 1.165) is 0 Å². The number of nitro groups is 2. The molecule has 414 valence electrons. The Bertz CT molecular complexity index is 3110. The fourth-order valence-electron chi connectivity index (χ4n) is 5.68. The van der Waals surface area contributed by atoms with Gasteiger partial charge in [0.1, 0.15) is 11.1 Å². The zero-order valence-electron chi connectivity index (χ0n) is 42.9. The Kier molecular flexibility index (Phi) is 31.9. The van der Waals surface area contributed by atoms with Gasteiger partial charge in [0.05, 0.1) is 78.8 Å². The van der Waals surface area contributed by atoms with E-state index >= 15 is 0 Å². The van der Waals surface area contributed by atoms with Crippen LogP contribution in [-0.4, -0.2) is 115 Å². The predicted octanol–water partition coefficient (Wildman–Crippen LogP) is 2.77. The van der Waals surface area contributed by atoms with Crippen LogP contribution in [0.4, 0.5) is 11.4 Å². The number of hydrogen-bond donors (Lipinski definition) is 5. The summed E-state index contributed by atoms with van der Waals surface area (Å²) < 4.78 is 22.5. The average molecular weight is 1140 g/mol. The summed E-state index contributed by atoms with van der Waals surface area (Å²) in [6.45, 7) is 0. The minimum absolute atomic E-state index is 0. The largest absolute Gasteiger partial charge is 1.00 e. The van der Waals surface area contributed by atoms with Crippen LogP contribution in [0.15, 0.2) is 146 Å². The number of para-hydroxylation sites is 2. The Labute approximate surface area is 480 Å². The maximum Gasteiger partial charge on any atom is 1.00 e. The molecule has 0 heterocycles. The molecule has 0 spiro atoms. The zero-order valence-corrected chi connectivity index (χ0v) is 45.6. The topological polar surface area (TPSA) is 415 Å². The van der Waals surface area contributed by atoms with Crippen molar-refractivity contribution < 1.29 is 122 Å². The summed E-state index contributed by atoms with van der Waals surface area (Å²) in [5.74, 6) is -1.02. The molecule has 7 N–H and O–H groups in total. The third kappa shape index (κ3) is 22.4. The molecule has 6 aromatic carbocycles. The van der Waals surface area contributed by atoms with Gasteiger partial charge in [-0.2, -0.15) is 0 Å². The summed E-state index contributed by atoms with van der Waals surface area (Å²) in [4.78, 5) is 132. The Morgan fingerprint density at radius 3 is 1.04 bits per heavy atom. The fraction of sp³-hybridized carbons (Fsp3) is 0.0980. The number of halogens is 1. The Hall–Kier alpha value is -9.77. The van der Waals surface area contributed by atoms with E-state index < -0.39 is 68.6 Å². The van der Waals surface area contributed by atoms with Gasteiger partial charge in [0.15, 0.2) is 0 Å². The van der Waals surface area contributed by atoms with Crippen molar-refractivity contribution >= 4 is 81.8 Å². The Balaban J connectivity index is 0.00000100. The van der Waals surface area contributed by atoms with Gasteiger partial charge in [0.25, 0.3) is 34.3 Å². The van der Waals surface area contributed by atoms with Gasteiger partial charge >= 0.3 is 65.4 Å². The number of carboxylic acids is 1. The van der Waals surface area contributed by atoms with Crippen molar-refractivity contribution in [2.75, 3.05) is 35.5 Å². The van der Waals surface area contributed by atoms with Gasteiger partial charge in [-0.3, -0.25) is 55.7 Å². The number of hydrazine groups is 2. The predicted molar refractivity (Wildman–Crippen MR) is 274 cm³/mol. The second kappa shape index (κ2) is 36.3. The van der Waals surface area contributed by atoms with E-state index in [-0.39, 0.29) is 85.4 Å². The van der Waals surface area contributed by atoms with Crippen molar-refractivity contribution in [2.45, 2.75) is 0 Å². The van der Waals surface area contributed by atoms with Crippen LogP contribution in [0.1, 0.15) is 104 Å². The van der Waals surface area contributed by atoms with Crippen LogP contribution >= 0.6 is 11.6 Å². The monoisotopic (exact) mass is 1140 g/mol. The van der Waals surface area contributed by atoms with Crippen LogP contribution in [0.2, 0.25) is 0 Å². The second-order valence-corrected chi connectivity index (χ2v) is 14.6. The second-order valence-electron chi connectivity index (χ2n) is 14.3. The number of carbonyl (C=O) groups is 10. The van der Waals surface area contributed by atoms with Gasteiger partial charge in [-0.25, -0.2) is 34.6 Å². The van der Waals surface area contributed by atoms with Crippen LogP contribution in [-0.2, 0) is 23.7 Å². The number of rotatable bonds is 12. The summed E-state index contributed by atoms with van der Waals surface area (Å²) in [6, 6.07) is 34.4. The van der Waals surface area contributed by atoms with E-state index in [0.29, 0.717) is 16.7 Å². The van der Waals surface area contributed by atoms with Crippen molar-refractivity contribution in [3.63, 3.8) is 0 Å². The molecule has 0 unspecified atom stereocenters. The third-order valence-electron chi connectivity index (χ3n) is 9.40. The fourth-order valence-corrected chi connectivity index (χ4v) is 5.80. The van der Waals surface area contributed by atoms with Crippen LogP contribution < -0.4 is 51.7 Å². The van der Waals surface area contributed by atoms with Crippen LogP contribution in [0, 0.1) is 20.2 Å². The van der Waals surface area contributed by atoms with Gasteiger partial charge in [0, 0.05) is 23.3 Å². The number of nitrogens with two attached hydrogens (primary N) is 1. The average Bonchev–Trinajstić information content (AvgIpc) is 3.47. The summed E-state index contributed by atoms with van der Waals surface area (Å²) >= 11 is 5.23. The van der Waals surface area contributed by atoms with E-state index in [4.69, 9.17) is 22.6 Å². The number of ether oxygens (including phenoxy) is 5. The number of hydrogen-bond acceptors (Lipinski definition) is 21. The molecule has 27 nitrogen and oxygen atoms in total. The maximum atomic E-state index is 12.1. The van der Waals surface area contributed by atoms with Crippen molar-refractivity contribution in [3.8, 4) is 0 Å². The molecule has 0 aliphatic carbocycles. The SMILES string of the molecule is COC(=O)c1cccc(C(=O)Cl)c1.COC(=O)c1cccc(C(=O)NNC(=O)c2ccccc2[N+](=O)[O-])c1.COC(=O)c1cccc(C(=O)O)c1.COC(=O)c1cccc(C(=O)OC)c1.NNC(=O)c1ccccc1[N+](=O)[O-].[Na+].[OH-]. The first-order valence-corrected chi connectivity index (χ1v) is 21.8. The van der Waals surface area contributed by atoms with E-state index in [2.05, 4.69) is 34.5 Å². The van der Waals surface area contributed by atoms with Crippen LogP contribution in [0.25, 0.3) is 0 Å². The molecule has 0 saturated heterocycles. The van der Waals surface area contributed by atoms with Crippen molar-refractivity contribution in [1.82, 2.24) is 16.3 Å². The summed E-state index contributed by atoms with van der Waals surface area (Å²) in [7, 11) is 6.30. The molecule has 3 amide bonds. The number of amides is 3. The number of nitrogens with one attached hydrogen (secondary N) is 3. The minimum Gasteiger partial charge on any atom is -0.870 e. The van der Waals surface area contributed by atoms with Gasteiger partial charge in [-0.1, -0.05) is 54.6 Å². The van der Waals surface area contributed by atoms with Crippen LogP contribution in [0.3, 0.4) is 0 Å². The number of aromatic carboxylic acids is 1. The maximum absolute atomic E-state index is 12.1. The minimum atomic E-state index is -1.06. The van der Waals surface area contributed by atoms with E-state index in [9.17, 15) is 68.2 Å². The summed E-state index contributed by atoms with van der Waals surface area (Å²) in [5.41, 5.74) is 7.01. The molecule has 0 aliphatic rings. The normalized spacial score (nSPS) is 9.24. The molecule has 0 fully saturated rings. The van der Waals surface area contributed by atoms with Gasteiger partial charge in [-0.15, -0.1) is 0 Å². The molecule has 0 saturated carbocycles. The first kappa shape index (κ1) is 70.2. The number of benzene rings is 6. The smallest absolute Gasteiger partial charge is 0.870 e.